The lowest BCUT2D eigenvalue weighted by Crippen LogP contribution is -2.30. The van der Waals surface area contributed by atoms with Crippen LogP contribution in [0.15, 0.2) is 6.33 Å². The normalized spacial score (nSPS) is 29.4. The molecule has 0 aromatic carbocycles. The van der Waals surface area contributed by atoms with E-state index in [0.29, 0.717) is 11.2 Å². The van der Waals surface area contributed by atoms with Gasteiger partial charge in [0.25, 0.3) is 0 Å². The molecule has 2 N–H and O–H groups in total. The summed E-state index contributed by atoms with van der Waals surface area (Å²) >= 11 is 0. The van der Waals surface area contributed by atoms with E-state index < -0.39 is 24.5 Å². The molecule has 4 atom stereocenters. The molecule has 0 radical (unpaired) electrons. The molecule has 0 spiro atoms. The van der Waals surface area contributed by atoms with E-state index in [2.05, 4.69) is 21.9 Å². The third-order valence-corrected chi connectivity index (χ3v) is 3.87. The predicted octanol–water partition coefficient (Wildman–Crippen LogP) is 0.726. The molecule has 0 saturated carbocycles. The fourth-order valence-corrected chi connectivity index (χ4v) is 2.69. The van der Waals surface area contributed by atoms with Gasteiger partial charge in [-0.05, 0) is 20.3 Å². The van der Waals surface area contributed by atoms with Crippen LogP contribution in [0.3, 0.4) is 0 Å². The van der Waals surface area contributed by atoms with Crippen LogP contribution >= 0.6 is 0 Å². The Labute approximate surface area is 122 Å². The second-order valence-electron chi connectivity index (χ2n) is 5.51. The lowest BCUT2D eigenvalue weighted by molar-refractivity contribution is -0.0299. The SMILES string of the molecule is CCCc1nc(C)c2ncn([C@@H]3O[C@H](C)[C@H](O)C3O)c2n1. The van der Waals surface area contributed by atoms with Crippen molar-refractivity contribution in [1.82, 2.24) is 19.5 Å². The van der Waals surface area contributed by atoms with Gasteiger partial charge >= 0.3 is 0 Å². The third kappa shape index (κ3) is 2.31. The molecule has 114 valence electrons. The highest BCUT2D eigenvalue weighted by molar-refractivity contribution is 5.73. The Morgan fingerprint density at radius 3 is 2.67 bits per heavy atom. The summed E-state index contributed by atoms with van der Waals surface area (Å²) in [6.45, 7) is 5.70. The first-order chi connectivity index (χ1) is 10.0. The van der Waals surface area contributed by atoms with Crippen LogP contribution < -0.4 is 0 Å². The molecule has 2 aromatic heterocycles. The minimum atomic E-state index is -0.998. The van der Waals surface area contributed by atoms with Gasteiger partial charge in [-0.25, -0.2) is 15.0 Å². The smallest absolute Gasteiger partial charge is 0.166 e. The summed E-state index contributed by atoms with van der Waals surface area (Å²) in [6, 6.07) is 0. The third-order valence-electron chi connectivity index (χ3n) is 3.87. The molecule has 0 aliphatic carbocycles. The van der Waals surface area contributed by atoms with E-state index in [9.17, 15) is 10.2 Å². The number of rotatable bonds is 3. The summed E-state index contributed by atoms with van der Waals surface area (Å²) < 4.78 is 7.32. The van der Waals surface area contributed by atoms with Gasteiger partial charge in [0.05, 0.1) is 18.1 Å². The molecule has 7 nitrogen and oxygen atoms in total. The number of imidazole rings is 1. The van der Waals surface area contributed by atoms with E-state index in [4.69, 9.17) is 4.74 Å². The first kappa shape index (κ1) is 14.4. The van der Waals surface area contributed by atoms with Crippen molar-refractivity contribution in [2.45, 2.75) is 58.2 Å². The first-order valence-electron chi connectivity index (χ1n) is 7.24. The molecule has 1 aliphatic heterocycles. The maximum absolute atomic E-state index is 10.1. The average Bonchev–Trinajstić information content (AvgIpc) is 2.96. The zero-order valence-corrected chi connectivity index (χ0v) is 12.4. The van der Waals surface area contributed by atoms with Gasteiger partial charge in [-0.3, -0.25) is 4.57 Å². The van der Waals surface area contributed by atoms with E-state index in [0.717, 1.165) is 24.4 Å². The maximum atomic E-state index is 10.1. The number of hydrogen-bond donors (Lipinski definition) is 2. The summed E-state index contributed by atoms with van der Waals surface area (Å²) in [5.41, 5.74) is 2.14. The fourth-order valence-electron chi connectivity index (χ4n) is 2.69. The molecule has 7 heteroatoms. The Bertz CT molecular complexity index is 657. The van der Waals surface area contributed by atoms with E-state index >= 15 is 0 Å². The van der Waals surface area contributed by atoms with Crippen molar-refractivity contribution in [3.05, 3.63) is 17.8 Å². The summed E-state index contributed by atoms with van der Waals surface area (Å²) in [5, 5.41) is 20.0. The number of fused-ring (bicyclic) bond motifs is 1. The summed E-state index contributed by atoms with van der Waals surface area (Å²) in [6.07, 6.45) is 0.310. The number of aryl methyl sites for hydroxylation is 2. The van der Waals surface area contributed by atoms with Crippen LogP contribution in [0.1, 0.15) is 38.0 Å². The zero-order valence-electron chi connectivity index (χ0n) is 12.4. The van der Waals surface area contributed by atoms with Crippen molar-refractivity contribution in [2.24, 2.45) is 0 Å². The largest absolute Gasteiger partial charge is 0.388 e. The molecule has 3 rings (SSSR count). The highest BCUT2D eigenvalue weighted by atomic mass is 16.6. The second kappa shape index (κ2) is 5.32. The van der Waals surface area contributed by atoms with Crippen LogP contribution in [0.5, 0.6) is 0 Å². The Morgan fingerprint density at radius 2 is 2.05 bits per heavy atom. The van der Waals surface area contributed by atoms with Crippen molar-refractivity contribution < 1.29 is 14.9 Å². The monoisotopic (exact) mass is 292 g/mol. The first-order valence-corrected chi connectivity index (χ1v) is 7.24. The van der Waals surface area contributed by atoms with Gasteiger partial charge in [0.2, 0.25) is 0 Å². The minimum absolute atomic E-state index is 0.430. The number of aromatic nitrogens is 4. The molecule has 0 bridgehead atoms. The number of aliphatic hydroxyl groups is 2. The summed E-state index contributed by atoms with van der Waals surface area (Å²) in [4.78, 5) is 13.3. The molecular formula is C14H20N4O3. The van der Waals surface area contributed by atoms with Crippen molar-refractivity contribution in [1.29, 1.82) is 0 Å². The summed E-state index contributed by atoms with van der Waals surface area (Å²) in [7, 11) is 0. The van der Waals surface area contributed by atoms with Gasteiger partial charge < -0.3 is 14.9 Å². The molecule has 1 saturated heterocycles. The lowest BCUT2D eigenvalue weighted by atomic mass is 10.1. The molecule has 3 heterocycles. The number of nitrogens with zero attached hydrogens (tertiary/aromatic N) is 4. The fraction of sp³-hybridized carbons (Fsp3) is 0.643. The van der Waals surface area contributed by atoms with Gasteiger partial charge in [-0.15, -0.1) is 0 Å². The van der Waals surface area contributed by atoms with Crippen LogP contribution in [-0.4, -0.2) is 48.0 Å². The Kier molecular flexibility index (Phi) is 3.64. The molecule has 0 amide bonds. The van der Waals surface area contributed by atoms with E-state index in [-0.39, 0.29) is 0 Å². The average molecular weight is 292 g/mol. The lowest BCUT2D eigenvalue weighted by Gasteiger charge is -2.16. The quantitative estimate of drug-likeness (QED) is 0.866. The topological polar surface area (TPSA) is 93.3 Å². The summed E-state index contributed by atoms with van der Waals surface area (Å²) in [5.74, 6) is 0.755. The van der Waals surface area contributed by atoms with Gasteiger partial charge in [-0.1, -0.05) is 6.92 Å². The highest BCUT2D eigenvalue weighted by Gasteiger charge is 2.42. The van der Waals surface area contributed by atoms with E-state index in [1.807, 2.05) is 6.92 Å². The molecule has 2 aromatic rings. The number of aliphatic hydroxyl groups excluding tert-OH is 2. The highest BCUT2D eigenvalue weighted by Crippen LogP contribution is 2.31. The molecule has 1 unspecified atom stereocenters. The minimum Gasteiger partial charge on any atom is -0.388 e. The second-order valence-corrected chi connectivity index (χ2v) is 5.51. The van der Waals surface area contributed by atoms with Crippen LogP contribution in [0, 0.1) is 6.92 Å². The Hall–Kier alpha value is -1.57. The molecule has 21 heavy (non-hydrogen) atoms. The van der Waals surface area contributed by atoms with Crippen molar-refractivity contribution in [3.63, 3.8) is 0 Å². The maximum Gasteiger partial charge on any atom is 0.166 e. The number of hydrogen-bond acceptors (Lipinski definition) is 6. The van der Waals surface area contributed by atoms with Crippen LogP contribution in [0.4, 0.5) is 0 Å². The van der Waals surface area contributed by atoms with E-state index in [1.54, 1.807) is 17.8 Å². The van der Waals surface area contributed by atoms with Gasteiger partial charge in [0, 0.05) is 6.42 Å². The van der Waals surface area contributed by atoms with Crippen molar-refractivity contribution >= 4 is 11.2 Å². The van der Waals surface area contributed by atoms with Crippen LogP contribution in [0.25, 0.3) is 11.2 Å². The Morgan fingerprint density at radius 1 is 1.29 bits per heavy atom. The van der Waals surface area contributed by atoms with Crippen LogP contribution in [0.2, 0.25) is 0 Å². The molecule has 1 aliphatic rings. The molecular weight excluding hydrogens is 272 g/mol. The van der Waals surface area contributed by atoms with E-state index in [1.165, 1.54) is 0 Å². The molecule has 1 fully saturated rings. The standard InChI is InChI=1S/C14H20N4O3/c1-4-5-9-16-7(2)10-13(17-9)18(6-15-10)14-12(20)11(19)8(3)21-14/h6,8,11-12,14,19-20H,4-5H2,1-3H3/t8-,11+,12?,14-/m1/s1. The zero-order chi connectivity index (χ0) is 15.1. The van der Waals surface area contributed by atoms with Crippen molar-refractivity contribution in [3.8, 4) is 0 Å². The predicted molar refractivity (Wildman–Crippen MR) is 75.7 cm³/mol. The van der Waals surface area contributed by atoms with Gasteiger partial charge in [-0.2, -0.15) is 0 Å². The van der Waals surface area contributed by atoms with Crippen molar-refractivity contribution in [2.75, 3.05) is 0 Å². The van der Waals surface area contributed by atoms with Gasteiger partial charge in [0.1, 0.15) is 23.5 Å². The Balaban J connectivity index is 2.07. The number of ether oxygens (including phenoxy) is 1. The van der Waals surface area contributed by atoms with Crippen LogP contribution in [-0.2, 0) is 11.2 Å². The van der Waals surface area contributed by atoms with Gasteiger partial charge in [0.15, 0.2) is 11.9 Å².